The zero-order valence-corrected chi connectivity index (χ0v) is 19.3. The summed E-state index contributed by atoms with van der Waals surface area (Å²) in [6, 6.07) is 11.7. The summed E-state index contributed by atoms with van der Waals surface area (Å²) in [5.74, 6) is 1.32. The van der Waals surface area contributed by atoms with Crippen molar-refractivity contribution < 1.29 is 4.74 Å². The van der Waals surface area contributed by atoms with E-state index in [1.54, 1.807) is 12.4 Å². The zero-order chi connectivity index (χ0) is 23.1. The van der Waals surface area contributed by atoms with Gasteiger partial charge in [0.1, 0.15) is 17.5 Å². The number of para-hydroxylation sites is 2. The van der Waals surface area contributed by atoms with Gasteiger partial charge in [-0.25, -0.2) is 4.99 Å². The first-order valence-corrected chi connectivity index (χ1v) is 10.6. The summed E-state index contributed by atoms with van der Waals surface area (Å²) in [4.78, 5) is 10.8. The third-order valence-electron chi connectivity index (χ3n) is 5.11. The van der Waals surface area contributed by atoms with Crippen molar-refractivity contribution in [2.75, 3.05) is 38.3 Å². The van der Waals surface area contributed by atoms with Crippen LogP contribution in [0.2, 0.25) is 0 Å². The lowest BCUT2D eigenvalue weighted by atomic mass is 10.1. The average Bonchev–Trinajstić information content (AvgIpc) is 2.78. The normalized spacial score (nSPS) is 12.5. The molecule has 168 valence electrons. The van der Waals surface area contributed by atoms with E-state index in [-0.39, 0.29) is 6.10 Å². The minimum absolute atomic E-state index is 0.128. The van der Waals surface area contributed by atoms with Crippen LogP contribution in [0.15, 0.2) is 53.8 Å². The molecule has 0 saturated heterocycles. The van der Waals surface area contributed by atoms with E-state index < -0.39 is 0 Å². The molecule has 3 aromatic rings. The maximum absolute atomic E-state index is 6.45. The molecule has 8 heteroatoms. The molecule has 0 saturated carbocycles. The number of nitrogens with zero attached hydrogens (tertiary/aromatic N) is 5. The number of hydrogen-bond acceptors (Lipinski definition) is 8. The molecule has 0 amide bonds. The highest BCUT2D eigenvalue weighted by Gasteiger charge is 2.18. The standard InChI is InChI=1S/C24H31N7O/c1-16(22-17(2)29-30-24(23(22)25)31(4)5)28-19-8-6-7-9-21(19)32-20(12-13-26-3)18-10-14-27-15-11-18/h6-11,14-15,20,26H,12-13H2,1-5H3,(H2,25,29). The molecule has 8 nitrogen and oxygen atoms in total. The van der Waals surface area contributed by atoms with E-state index in [4.69, 9.17) is 15.5 Å². The predicted octanol–water partition coefficient (Wildman–Crippen LogP) is 3.70. The van der Waals surface area contributed by atoms with Crippen molar-refractivity contribution in [1.29, 1.82) is 0 Å². The summed E-state index contributed by atoms with van der Waals surface area (Å²) >= 11 is 0. The van der Waals surface area contributed by atoms with Gasteiger partial charge >= 0.3 is 0 Å². The van der Waals surface area contributed by atoms with Gasteiger partial charge in [0, 0.05) is 44.2 Å². The maximum Gasteiger partial charge on any atom is 0.174 e. The quantitative estimate of drug-likeness (QED) is 0.496. The van der Waals surface area contributed by atoms with E-state index in [1.165, 1.54) is 0 Å². The summed E-state index contributed by atoms with van der Waals surface area (Å²) in [6.07, 6.45) is 4.24. The minimum atomic E-state index is -0.128. The molecule has 0 fully saturated rings. The Kier molecular flexibility index (Phi) is 7.72. The molecule has 0 bridgehead atoms. The van der Waals surface area contributed by atoms with Crippen molar-refractivity contribution in [3.63, 3.8) is 0 Å². The lowest BCUT2D eigenvalue weighted by molar-refractivity contribution is 0.196. The van der Waals surface area contributed by atoms with Gasteiger partial charge in [0.2, 0.25) is 0 Å². The van der Waals surface area contributed by atoms with E-state index in [0.717, 1.165) is 41.2 Å². The minimum Gasteiger partial charge on any atom is -0.483 e. The lowest BCUT2D eigenvalue weighted by Gasteiger charge is -2.21. The molecule has 2 aromatic heterocycles. The highest BCUT2D eigenvalue weighted by molar-refractivity contribution is 6.07. The van der Waals surface area contributed by atoms with Crippen LogP contribution in [0.4, 0.5) is 17.2 Å². The van der Waals surface area contributed by atoms with Gasteiger partial charge in [0.25, 0.3) is 0 Å². The maximum atomic E-state index is 6.45. The first-order valence-electron chi connectivity index (χ1n) is 10.6. The number of hydrogen-bond donors (Lipinski definition) is 2. The SMILES string of the molecule is CNCCC(Oc1ccccc1N=C(C)c1c(C)nnc(N(C)C)c1N)c1ccncc1. The molecule has 0 radical (unpaired) electrons. The second-order valence-electron chi connectivity index (χ2n) is 7.74. The molecule has 0 spiro atoms. The number of aliphatic imine (C=N–C) groups is 1. The van der Waals surface area contributed by atoms with Crippen molar-refractivity contribution >= 4 is 22.9 Å². The third-order valence-corrected chi connectivity index (χ3v) is 5.11. The van der Waals surface area contributed by atoms with Crippen LogP contribution >= 0.6 is 0 Å². The zero-order valence-electron chi connectivity index (χ0n) is 19.3. The first kappa shape index (κ1) is 23.1. The highest BCUT2D eigenvalue weighted by Crippen LogP contribution is 2.34. The Morgan fingerprint density at radius 2 is 1.88 bits per heavy atom. The van der Waals surface area contributed by atoms with Gasteiger partial charge in [0.05, 0.1) is 11.4 Å². The summed E-state index contributed by atoms with van der Waals surface area (Å²) in [7, 11) is 5.71. The van der Waals surface area contributed by atoms with Crippen molar-refractivity contribution in [2.24, 2.45) is 4.99 Å². The molecule has 3 N–H and O–H groups in total. The summed E-state index contributed by atoms with van der Waals surface area (Å²) in [5.41, 5.74) is 11.1. The highest BCUT2D eigenvalue weighted by atomic mass is 16.5. The van der Waals surface area contributed by atoms with Gasteiger partial charge in [-0.1, -0.05) is 12.1 Å². The third kappa shape index (κ3) is 5.39. The Bertz CT molecular complexity index is 1070. The smallest absolute Gasteiger partial charge is 0.174 e. The van der Waals surface area contributed by atoms with Gasteiger partial charge in [0.15, 0.2) is 5.82 Å². The van der Waals surface area contributed by atoms with E-state index in [2.05, 4.69) is 20.5 Å². The van der Waals surface area contributed by atoms with Crippen LogP contribution in [-0.4, -0.2) is 48.6 Å². The van der Waals surface area contributed by atoms with E-state index in [1.807, 2.05) is 76.3 Å². The van der Waals surface area contributed by atoms with Crippen molar-refractivity contribution in [3.05, 3.63) is 65.6 Å². The molecule has 1 unspecified atom stereocenters. The Balaban J connectivity index is 1.98. The van der Waals surface area contributed by atoms with Crippen LogP contribution in [0, 0.1) is 6.92 Å². The van der Waals surface area contributed by atoms with Gasteiger partial charge in [-0.2, -0.15) is 5.10 Å². The Labute approximate surface area is 189 Å². The molecular weight excluding hydrogens is 402 g/mol. The van der Waals surface area contributed by atoms with E-state index >= 15 is 0 Å². The molecule has 0 aliphatic carbocycles. The van der Waals surface area contributed by atoms with Crippen LogP contribution in [-0.2, 0) is 0 Å². The lowest BCUT2D eigenvalue weighted by Crippen LogP contribution is -2.18. The average molecular weight is 434 g/mol. The second-order valence-corrected chi connectivity index (χ2v) is 7.74. The van der Waals surface area contributed by atoms with E-state index in [0.29, 0.717) is 17.3 Å². The van der Waals surface area contributed by atoms with Crippen molar-refractivity contribution in [1.82, 2.24) is 20.5 Å². The number of benzene rings is 1. The van der Waals surface area contributed by atoms with Crippen LogP contribution < -0.4 is 20.7 Å². The number of ether oxygens (including phenoxy) is 1. The summed E-state index contributed by atoms with van der Waals surface area (Å²) < 4.78 is 6.45. The van der Waals surface area contributed by atoms with Gasteiger partial charge in [-0.3, -0.25) is 4.98 Å². The molecular formula is C24H31N7O. The van der Waals surface area contributed by atoms with Gasteiger partial charge < -0.3 is 20.7 Å². The molecule has 3 rings (SSSR count). The van der Waals surface area contributed by atoms with Crippen LogP contribution in [0.25, 0.3) is 0 Å². The fraction of sp³-hybridized carbons (Fsp3) is 0.333. The number of pyridine rings is 1. The number of nitrogen functional groups attached to an aromatic ring is 1. The number of aromatic nitrogens is 3. The monoisotopic (exact) mass is 433 g/mol. The molecule has 1 atom stereocenters. The topological polar surface area (TPSA) is 102 Å². The molecule has 1 aromatic carbocycles. The number of anilines is 2. The van der Waals surface area contributed by atoms with Gasteiger partial charge in [-0.05, 0) is 57.3 Å². The molecule has 0 aliphatic rings. The Morgan fingerprint density at radius 1 is 1.16 bits per heavy atom. The number of nitrogens with one attached hydrogen (secondary N) is 1. The Hall–Kier alpha value is -3.52. The number of nitrogens with two attached hydrogens (primary N) is 1. The van der Waals surface area contributed by atoms with Crippen molar-refractivity contribution in [2.45, 2.75) is 26.4 Å². The largest absolute Gasteiger partial charge is 0.483 e. The fourth-order valence-electron chi connectivity index (χ4n) is 3.51. The van der Waals surface area contributed by atoms with Crippen LogP contribution in [0.3, 0.4) is 0 Å². The number of rotatable bonds is 9. The second kappa shape index (κ2) is 10.7. The first-order chi connectivity index (χ1) is 15.4. The van der Waals surface area contributed by atoms with Gasteiger partial charge in [-0.15, -0.1) is 5.10 Å². The number of aryl methyl sites for hydroxylation is 1. The van der Waals surface area contributed by atoms with Crippen molar-refractivity contribution in [3.8, 4) is 5.75 Å². The fourth-order valence-corrected chi connectivity index (χ4v) is 3.51. The predicted molar refractivity (Wildman–Crippen MR) is 130 cm³/mol. The van der Waals surface area contributed by atoms with Crippen LogP contribution in [0.1, 0.15) is 36.3 Å². The Morgan fingerprint density at radius 3 is 2.56 bits per heavy atom. The molecule has 0 aliphatic heterocycles. The summed E-state index contributed by atoms with van der Waals surface area (Å²) in [6.45, 7) is 4.64. The molecule has 2 heterocycles. The summed E-state index contributed by atoms with van der Waals surface area (Å²) in [5, 5.41) is 11.7. The molecule has 32 heavy (non-hydrogen) atoms. The van der Waals surface area contributed by atoms with Crippen LogP contribution in [0.5, 0.6) is 5.75 Å². The van der Waals surface area contributed by atoms with E-state index in [9.17, 15) is 0 Å².